The number of nitrogens with zero attached hydrogens (tertiary/aromatic N) is 2. The van der Waals surface area contributed by atoms with Crippen LogP contribution in [0.3, 0.4) is 0 Å². The second kappa shape index (κ2) is 8.57. The molecule has 0 saturated heterocycles. The zero-order valence-corrected chi connectivity index (χ0v) is 18.4. The van der Waals surface area contributed by atoms with Gasteiger partial charge in [0.15, 0.2) is 5.82 Å². The molecule has 0 unspecified atom stereocenters. The summed E-state index contributed by atoms with van der Waals surface area (Å²) in [4.78, 5) is 8.14. The van der Waals surface area contributed by atoms with Gasteiger partial charge in [-0.15, -0.1) is 0 Å². The predicted octanol–water partition coefficient (Wildman–Crippen LogP) is 4.73. The van der Waals surface area contributed by atoms with Gasteiger partial charge in [-0.1, -0.05) is 37.3 Å². The summed E-state index contributed by atoms with van der Waals surface area (Å²) < 4.78 is 0. The molecule has 0 amide bonds. The molecule has 5 rings (SSSR count). The number of rotatable bonds is 7. The van der Waals surface area contributed by atoms with Crippen LogP contribution in [0.2, 0.25) is 0 Å². The molecule has 4 N–H and O–H groups in total. The molecule has 0 saturated carbocycles. The summed E-state index contributed by atoms with van der Waals surface area (Å²) in [7, 11) is 0. The van der Waals surface area contributed by atoms with E-state index >= 15 is 0 Å². The van der Waals surface area contributed by atoms with Crippen LogP contribution in [0.4, 0.5) is 0 Å². The molecule has 0 aliphatic rings. The van der Waals surface area contributed by atoms with Crippen LogP contribution in [-0.4, -0.2) is 38.4 Å². The van der Waals surface area contributed by atoms with Gasteiger partial charge in [-0.25, -0.2) is 4.98 Å². The highest BCUT2D eigenvalue weighted by molar-refractivity contribution is 5.96. The lowest BCUT2D eigenvalue weighted by molar-refractivity contribution is 0.292. The molecule has 0 fully saturated rings. The maximum Gasteiger partial charge on any atom is 0.159 e. The second-order valence-electron chi connectivity index (χ2n) is 8.12. The van der Waals surface area contributed by atoms with Crippen LogP contribution in [0, 0.1) is 6.92 Å². The quantitative estimate of drug-likeness (QED) is 0.284. The number of aromatic amines is 2. The highest BCUT2D eigenvalue weighted by Gasteiger charge is 2.15. The maximum atomic E-state index is 9.11. The van der Waals surface area contributed by atoms with Crippen molar-refractivity contribution in [1.29, 1.82) is 0 Å². The maximum absolute atomic E-state index is 9.11. The van der Waals surface area contributed by atoms with Crippen LogP contribution < -0.4 is 5.32 Å². The summed E-state index contributed by atoms with van der Waals surface area (Å²) in [5, 5.41) is 21.2. The first-order valence-corrected chi connectivity index (χ1v) is 11.1. The lowest BCUT2D eigenvalue weighted by Gasteiger charge is -2.15. The summed E-state index contributed by atoms with van der Waals surface area (Å²) in [5.41, 5.74) is 9.94. The number of nitrogens with one attached hydrogen (secondary N) is 3. The molecule has 0 radical (unpaired) electrons. The zero-order chi connectivity index (χ0) is 22.1. The Morgan fingerprint density at radius 1 is 1.03 bits per heavy atom. The van der Waals surface area contributed by atoms with Gasteiger partial charge >= 0.3 is 0 Å². The van der Waals surface area contributed by atoms with Crippen molar-refractivity contribution in [1.82, 2.24) is 25.5 Å². The van der Waals surface area contributed by atoms with Gasteiger partial charge in [0.2, 0.25) is 0 Å². The van der Waals surface area contributed by atoms with Crippen LogP contribution in [0.25, 0.3) is 44.6 Å². The first-order valence-electron chi connectivity index (χ1n) is 11.1. The van der Waals surface area contributed by atoms with Crippen molar-refractivity contribution < 1.29 is 5.11 Å². The number of aliphatic hydroxyl groups is 1. The number of aryl methyl sites for hydroxylation is 1. The molecule has 0 spiro atoms. The average Bonchev–Trinajstić information content (AvgIpc) is 3.43. The molecule has 5 aromatic rings. The van der Waals surface area contributed by atoms with Gasteiger partial charge in [-0.3, -0.25) is 5.10 Å². The van der Waals surface area contributed by atoms with E-state index in [2.05, 4.69) is 64.7 Å². The van der Waals surface area contributed by atoms with E-state index in [0.717, 1.165) is 52.0 Å². The Morgan fingerprint density at radius 2 is 1.91 bits per heavy atom. The largest absolute Gasteiger partial charge is 0.395 e. The van der Waals surface area contributed by atoms with Gasteiger partial charge in [0.1, 0.15) is 5.69 Å². The zero-order valence-electron chi connectivity index (χ0n) is 18.4. The molecule has 0 atom stereocenters. The normalized spacial score (nSPS) is 11.6. The summed E-state index contributed by atoms with van der Waals surface area (Å²) in [5.74, 6) is 0.766. The minimum absolute atomic E-state index is 0.140. The fraction of sp³-hybridized carbons (Fsp3) is 0.231. The molecule has 2 heterocycles. The van der Waals surface area contributed by atoms with Crippen LogP contribution in [0.15, 0.2) is 54.6 Å². The number of benzene rings is 3. The third-order valence-electron chi connectivity index (χ3n) is 6.07. The van der Waals surface area contributed by atoms with Gasteiger partial charge in [-0.2, -0.15) is 5.10 Å². The molecule has 0 bridgehead atoms. The topological polar surface area (TPSA) is 89.6 Å². The van der Waals surface area contributed by atoms with Crippen molar-refractivity contribution in [3.63, 3.8) is 0 Å². The number of hydrogen-bond acceptors (Lipinski definition) is 4. The van der Waals surface area contributed by atoms with E-state index in [1.807, 2.05) is 24.3 Å². The molecule has 0 aliphatic carbocycles. The van der Waals surface area contributed by atoms with Crippen molar-refractivity contribution in [2.24, 2.45) is 0 Å². The third-order valence-corrected chi connectivity index (χ3v) is 6.07. The summed E-state index contributed by atoms with van der Waals surface area (Å²) in [6.45, 7) is 5.82. The monoisotopic (exact) mass is 425 g/mol. The number of aliphatic hydroxyl groups excluding tert-OH is 1. The average molecular weight is 426 g/mol. The highest BCUT2D eigenvalue weighted by Crippen LogP contribution is 2.33. The predicted molar refractivity (Wildman–Crippen MR) is 130 cm³/mol. The van der Waals surface area contributed by atoms with Gasteiger partial charge in [0.25, 0.3) is 0 Å². The first-order chi connectivity index (χ1) is 15.7. The Bertz CT molecular complexity index is 1370. The lowest BCUT2D eigenvalue weighted by Crippen LogP contribution is -2.18. The molecule has 6 heteroatoms. The fourth-order valence-electron chi connectivity index (χ4n) is 4.26. The number of imidazole rings is 1. The van der Waals surface area contributed by atoms with Crippen LogP contribution >= 0.6 is 0 Å². The van der Waals surface area contributed by atoms with Crippen LogP contribution in [-0.2, 0) is 13.0 Å². The van der Waals surface area contributed by atoms with Crippen molar-refractivity contribution in [2.75, 3.05) is 13.2 Å². The third kappa shape index (κ3) is 3.68. The SMILES string of the molecule is CCc1cc(CNCCO)c(C)c(-c2ccc3[nH]nc(-c4nc5ccccc5[nH]4)c3c2)c1. The second-order valence-corrected chi connectivity index (χ2v) is 8.12. The molecule has 162 valence electrons. The molecular formula is C26H27N5O. The Balaban J connectivity index is 1.61. The number of fused-ring (bicyclic) bond motifs is 2. The Kier molecular flexibility index (Phi) is 5.47. The smallest absolute Gasteiger partial charge is 0.159 e. The number of aromatic nitrogens is 4. The van der Waals surface area contributed by atoms with E-state index in [9.17, 15) is 0 Å². The number of H-pyrrole nitrogens is 2. The summed E-state index contributed by atoms with van der Waals surface area (Å²) in [6, 6.07) is 19.0. The van der Waals surface area contributed by atoms with Crippen LogP contribution in [0.5, 0.6) is 0 Å². The van der Waals surface area contributed by atoms with Crippen molar-refractivity contribution in [3.8, 4) is 22.6 Å². The standard InChI is InChI=1S/C26H27N5O/c1-3-17-12-19(15-27-10-11-32)16(2)20(13-17)18-8-9-22-21(14-18)25(31-30-22)26-28-23-6-4-5-7-24(23)29-26/h4-9,12-14,27,32H,3,10-11,15H2,1-2H3,(H,28,29)(H,30,31). The van der Waals surface area contributed by atoms with Crippen molar-refractivity contribution >= 4 is 21.9 Å². The van der Waals surface area contributed by atoms with Crippen molar-refractivity contribution in [3.05, 3.63) is 71.3 Å². The van der Waals surface area contributed by atoms with E-state index < -0.39 is 0 Å². The Labute approximate surface area is 186 Å². The minimum atomic E-state index is 0.140. The number of para-hydroxylation sites is 2. The molecule has 2 aromatic heterocycles. The van der Waals surface area contributed by atoms with E-state index in [0.29, 0.717) is 6.54 Å². The van der Waals surface area contributed by atoms with E-state index in [-0.39, 0.29) is 6.61 Å². The highest BCUT2D eigenvalue weighted by atomic mass is 16.3. The van der Waals surface area contributed by atoms with Gasteiger partial charge in [0, 0.05) is 18.5 Å². The molecular weight excluding hydrogens is 398 g/mol. The van der Waals surface area contributed by atoms with E-state index in [4.69, 9.17) is 10.1 Å². The summed E-state index contributed by atoms with van der Waals surface area (Å²) in [6.07, 6.45) is 0.971. The van der Waals surface area contributed by atoms with Gasteiger partial charge < -0.3 is 15.4 Å². The molecule has 3 aromatic carbocycles. The van der Waals surface area contributed by atoms with E-state index in [1.54, 1.807) is 0 Å². The number of hydrogen-bond donors (Lipinski definition) is 4. The van der Waals surface area contributed by atoms with Crippen molar-refractivity contribution in [2.45, 2.75) is 26.8 Å². The minimum Gasteiger partial charge on any atom is -0.395 e. The van der Waals surface area contributed by atoms with Gasteiger partial charge in [-0.05, 0) is 65.4 Å². The van der Waals surface area contributed by atoms with Crippen LogP contribution in [0.1, 0.15) is 23.6 Å². The molecule has 32 heavy (non-hydrogen) atoms. The molecule has 6 nitrogen and oxygen atoms in total. The Hall–Kier alpha value is -3.48. The fourth-order valence-corrected chi connectivity index (χ4v) is 4.26. The Morgan fingerprint density at radius 3 is 2.72 bits per heavy atom. The summed E-state index contributed by atoms with van der Waals surface area (Å²) >= 11 is 0. The molecule has 0 aliphatic heterocycles. The first kappa shape index (κ1) is 20.4. The van der Waals surface area contributed by atoms with Gasteiger partial charge in [0.05, 0.1) is 23.2 Å². The lowest BCUT2D eigenvalue weighted by atomic mass is 9.92. The van der Waals surface area contributed by atoms with E-state index in [1.165, 1.54) is 22.3 Å².